The number of fused-ring (bicyclic) bond motifs is 1. The second-order valence-electron chi connectivity index (χ2n) is 5.69. The van der Waals surface area contributed by atoms with E-state index in [-0.39, 0.29) is 30.8 Å². The first-order chi connectivity index (χ1) is 10.4. The Hall–Kier alpha value is -1.80. The average molecular weight is 326 g/mol. The van der Waals surface area contributed by atoms with Gasteiger partial charge in [0.05, 0.1) is 12.2 Å². The Morgan fingerprint density at radius 3 is 2.86 bits per heavy atom. The van der Waals surface area contributed by atoms with E-state index in [4.69, 9.17) is 14.6 Å². The quantitative estimate of drug-likeness (QED) is 0.846. The van der Waals surface area contributed by atoms with Crippen molar-refractivity contribution in [3.63, 3.8) is 0 Å². The molecule has 1 fully saturated rings. The van der Waals surface area contributed by atoms with E-state index < -0.39 is 10.0 Å². The number of amides is 1. The van der Waals surface area contributed by atoms with Gasteiger partial charge in [0.2, 0.25) is 22.7 Å². The highest BCUT2D eigenvalue weighted by Crippen LogP contribution is 2.32. The molecule has 1 unspecified atom stereocenters. The number of nitrogens with two attached hydrogens (primary N) is 1. The van der Waals surface area contributed by atoms with E-state index in [1.54, 1.807) is 17.0 Å². The summed E-state index contributed by atoms with van der Waals surface area (Å²) in [5.74, 6) is 1.18. The molecule has 0 aliphatic carbocycles. The summed E-state index contributed by atoms with van der Waals surface area (Å²) in [5, 5.41) is 5.06. The summed E-state index contributed by atoms with van der Waals surface area (Å²) in [4.78, 5) is 14.0. The van der Waals surface area contributed by atoms with E-state index in [0.29, 0.717) is 31.0 Å². The summed E-state index contributed by atoms with van der Waals surface area (Å²) in [7, 11) is -3.49. The minimum absolute atomic E-state index is 0.0178. The van der Waals surface area contributed by atoms with Crippen LogP contribution in [0.4, 0.5) is 0 Å². The van der Waals surface area contributed by atoms with Gasteiger partial charge in [-0.1, -0.05) is 6.07 Å². The van der Waals surface area contributed by atoms with Crippen molar-refractivity contribution in [2.45, 2.75) is 12.8 Å². The number of hydrogen-bond donors (Lipinski definition) is 1. The Balaban J connectivity index is 1.59. The first-order valence-electron chi connectivity index (χ1n) is 7.07. The maximum absolute atomic E-state index is 12.3. The molecule has 1 amide bonds. The first-order valence-corrected chi connectivity index (χ1v) is 8.79. The number of carbonyl (C=O) groups excluding carboxylic acids is 1. The SMILES string of the molecule is NS(=O)(=O)CC1CCN(C(=O)Cc2ccc3c(c2)OCO3)C1. The summed E-state index contributed by atoms with van der Waals surface area (Å²) in [6, 6.07) is 5.43. The molecule has 0 bridgehead atoms. The van der Waals surface area contributed by atoms with Crippen LogP contribution in [-0.4, -0.2) is 44.9 Å². The predicted molar refractivity (Wildman–Crippen MR) is 78.9 cm³/mol. The average Bonchev–Trinajstić information content (AvgIpc) is 3.05. The van der Waals surface area contributed by atoms with E-state index >= 15 is 0 Å². The van der Waals surface area contributed by atoms with Crippen LogP contribution in [-0.2, 0) is 21.2 Å². The Bertz CT molecular complexity index is 688. The molecule has 1 saturated heterocycles. The van der Waals surface area contributed by atoms with Crippen LogP contribution in [0.15, 0.2) is 18.2 Å². The van der Waals surface area contributed by atoms with E-state index in [1.807, 2.05) is 6.07 Å². The molecule has 1 aromatic rings. The van der Waals surface area contributed by atoms with Gasteiger partial charge in [-0.25, -0.2) is 13.6 Å². The molecule has 0 spiro atoms. The van der Waals surface area contributed by atoms with E-state index in [9.17, 15) is 13.2 Å². The smallest absolute Gasteiger partial charge is 0.231 e. The minimum Gasteiger partial charge on any atom is -0.454 e. The zero-order chi connectivity index (χ0) is 15.7. The summed E-state index contributed by atoms with van der Waals surface area (Å²) in [6.45, 7) is 1.22. The lowest BCUT2D eigenvalue weighted by Crippen LogP contribution is -2.31. The fourth-order valence-corrected chi connectivity index (χ4v) is 3.79. The Morgan fingerprint density at radius 2 is 2.09 bits per heavy atom. The van der Waals surface area contributed by atoms with Gasteiger partial charge in [0.25, 0.3) is 0 Å². The number of ether oxygens (including phenoxy) is 2. The van der Waals surface area contributed by atoms with Crippen LogP contribution in [0.1, 0.15) is 12.0 Å². The molecule has 3 rings (SSSR count). The molecular weight excluding hydrogens is 308 g/mol. The Morgan fingerprint density at radius 1 is 1.32 bits per heavy atom. The van der Waals surface area contributed by atoms with Gasteiger partial charge >= 0.3 is 0 Å². The molecule has 0 radical (unpaired) electrons. The zero-order valence-electron chi connectivity index (χ0n) is 12.0. The molecule has 1 aromatic carbocycles. The molecule has 2 aliphatic rings. The number of sulfonamides is 1. The van der Waals surface area contributed by atoms with Gasteiger partial charge in [-0.05, 0) is 30.0 Å². The van der Waals surface area contributed by atoms with Crippen molar-refractivity contribution in [2.75, 3.05) is 25.6 Å². The van der Waals surface area contributed by atoms with Gasteiger partial charge in [-0.2, -0.15) is 0 Å². The minimum atomic E-state index is -3.49. The van der Waals surface area contributed by atoms with Crippen molar-refractivity contribution in [1.82, 2.24) is 4.90 Å². The highest BCUT2D eigenvalue weighted by atomic mass is 32.2. The number of primary sulfonamides is 1. The third-order valence-electron chi connectivity index (χ3n) is 3.90. The molecule has 1 atom stereocenters. The van der Waals surface area contributed by atoms with Crippen LogP contribution in [0.5, 0.6) is 11.5 Å². The summed E-state index contributed by atoms with van der Waals surface area (Å²) < 4.78 is 32.7. The third-order valence-corrected chi connectivity index (χ3v) is 4.83. The second kappa shape index (κ2) is 5.77. The van der Waals surface area contributed by atoms with Gasteiger partial charge in [0.1, 0.15) is 0 Å². The number of benzene rings is 1. The molecule has 7 nitrogen and oxygen atoms in total. The number of likely N-dealkylation sites (tertiary alicyclic amines) is 1. The molecule has 120 valence electrons. The monoisotopic (exact) mass is 326 g/mol. The van der Waals surface area contributed by atoms with Crippen molar-refractivity contribution < 1.29 is 22.7 Å². The summed E-state index contributed by atoms with van der Waals surface area (Å²) >= 11 is 0. The Kier molecular flexibility index (Phi) is 3.96. The fraction of sp³-hybridized carbons (Fsp3) is 0.500. The van der Waals surface area contributed by atoms with Crippen molar-refractivity contribution >= 4 is 15.9 Å². The summed E-state index contributed by atoms with van der Waals surface area (Å²) in [5.41, 5.74) is 0.851. The highest BCUT2D eigenvalue weighted by Gasteiger charge is 2.28. The van der Waals surface area contributed by atoms with Crippen molar-refractivity contribution in [3.8, 4) is 11.5 Å². The second-order valence-corrected chi connectivity index (χ2v) is 7.35. The van der Waals surface area contributed by atoms with Crippen LogP contribution < -0.4 is 14.6 Å². The lowest BCUT2D eigenvalue weighted by Gasteiger charge is -2.16. The maximum atomic E-state index is 12.3. The molecule has 0 saturated carbocycles. The standard InChI is InChI=1S/C14H18N2O5S/c15-22(18,19)8-11-3-4-16(7-11)14(17)6-10-1-2-12-13(5-10)21-9-20-12/h1-2,5,11H,3-4,6-9H2,(H2,15,18,19). The molecule has 0 aromatic heterocycles. The highest BCUT2D eigenvalue weighted by molar-refractivity contribution is 7.89. The molecule has 22 heavy (non-hydrogen) atoms. The lowest BCUT2D eigenvalue weighted by atomic mass is 10.1. The molecule has 2 N–H and O–H groups in total. The molecule has 2 heterocycles. The molecular formula is C14H18N2O5S. The van der Waals surface area contributed by atoms with Crippen LogP contribution in [0, 0.1) is 5.92 Å². The predicted octanol–water partition coefficient (Wildman–Crippen LogP) is 0.0948. The van der Waals surface area contributed by atoms with Gasteiger partial charge < -0.3 is 14.4 Å². The van der Waals surface area contributed by atoms with Gasteiger partial charge in [-0.3, -0.25) is 4.79 Å². The van der Waals surface area contributed by atoms with Crippen LogP contribution in [0.2, 0.25) is 0 Å². The van der Waals surface area contributed by atoms with Gasteiger partial charge in [-0.15, -0.1) is 0 Å². The third kappa shape index (κ3) is 3.50. The van der Waals surface area contributed by atoms with Crippen molar-refractivity contribution in [1.29, 1.82) is 0 Å². The van der Waals surface area contributed by atoms with E-state index in [2.05, 4.69) is 0 Å². The number of rotatable bonds is 4. The first kappa shape index (κ1) is 15.1. The number of nitrogens with zero attached hydrogens (tertiary/aromatic N) is 1. The van der Waals surface area contributed by atoms with E-state index in [0.717, 1.165) is 5.56 Å². The molecule has 8 heteroatoms. The number of carbonyl (C=O) groups is 1. The van der Waals surface area contributed by atoms with Crippen LogP contribution in [0.25, 0.3) is 0 Å². The van der Waals surface area contributed by atoms with Crippen LogP contribution in [0.3, 0.4) is 0 Å². The normalized spacial score (nSPS) is 20.4. The maximum Gasteiger partial charge on any atom is 0.231 e. The van der Waals surface area contributed by atoms with Gasteiger partial charge in [0, 0.05) is 13.1 Å². The Labute approximate surface area is 129 Å². The summed E-state index contributed by atoms with van der Waals surface area (Å²) in [6.07, 6.45) is 0.933. The zero-order valence-corrected chi connectivity index (χ0v) is 12.8. The van der Waals surface area contributed by atoms with Crippen molar-refractivity contribution in [3.05, 3.63) is 23.8 Å². The lowest BCUT2D eigenvalue weighted by molar-refractivity contribution is -0.129. The van der Waals surface area contributed by atoms with Gasteiger partial charge in [0.15, 0.2) is 11.5 Å². The van der Waals surface area contributed by atoms with Crippen LogP contribution >= 0.6 is 0 Å². The fourth-order valence-electron chi connectivity index (χ4n) is 2.86. The number of hydrogen-bond acceptors (Lipinski definition) is 5. The van der Waals surface area contributed by atoms with E-state index in [1.165, 1.54) is 0 Å². The van der Waals surface area contributed by atoms with Crippen molar-refractivity contribution in [2.24, 2.45) is 11.1 Å². The molecule has 2 aliphatic heterocycles. The topological polar surface area (TPSA) is 98.9 Å². The largest absolute Gasteiger partial charge is 0.454 e.